The van der Waals surface area contributed by atoms with E-state index in [0.29, 0.717) is 86.0 Å². The Morgan fingerprint density at radius 1 is 0.649 bits per heavy atom. The fourth-order valence-electron chi connectivity index (χ4n) is 8.41. The second-order valence-electron chi connectivity index (χ2n) is 18.4. The van der Waals surface area contributed by atoms with Crippen molar-refractivity contribution in [3.05, 3.63) is 110 Å². The van der Waals surface area contributed by atoms with E-state index in [1.165, 1.54) is 16.2 Å². The van der Waals surface area contributed by atoms with Crippen molar-refractivity contribution < 1.29 is 36.1 Å². The molecular weight excluding hydrogens is 996 g/mol. The van der Waals surface area contributed by atoms with Gasteiger partial charge in [0, 0.05) is 132 Å². The molecule has 20 nitrogen and oxygen atoms in total. The number of nitrogens with one attached hydrogen (secondary N) is 3. The van der Waals surface area contributed by atoms with E-state index in [1.807, 2.05) is 88.5 Å². The van der Waals surface area contributed by atoms with Gasteiger partial charge in [-0.25, -0.2) is 19.9 Å². The predicted molar refractivity (Wildman–Crippen MR) is 313 cm³/mol. The molecule has 0 aliphatic heterocycles. The first-order valence-corrected chi connectivity index (χ1v) is 26.6. The van der Waals surface area contributed by atoms with Crippen LogP contribution in [-0.4, -0.2) is 147 Å². The largest absolute Gasteiger partial charge is 0.494 e. The molecule has 4 heterocycles. The number of nitrogens with two attached hydrogens (primary N) is 1. The van der Waals surface area contributed by atoms with E-state index in [1.54, 1.807) is 94.3 Å². The summed E-state index contributed by atoms with van der Waals surface area (Å²) in [5.74, 6) is 1.07. The first-order chi connectivity index (χ1) is 39.4. The Labute approximate surface area is 460 Å². The lowest BCUT2D eigenvalue weighted by molar-refractivity contribution is -0.114. The van der Waals surface area contributed by atoms with Crippen molar-refractivity contribution in [1.29, 1.82) is 0 Å². The first kappa shape index (κ1) is 48.9. The third kappa shape index (κ3) is 14.2. The number of likely N-dealkylation sites (N-methyl/N-ethyl adjacent to an activating group) is 4. The molecule has 408 valence electrons. The molecule has 0 unspecified atom stereocenters. The molecule has 0 fully saturated rings. The minimum atomic E-state index is -3.65. The van der Waals surface area contributed by atoms with Crippen molar-refractivity contribution in [2.24, 2.45) is 14.0 Å². The van der Waals surface area contributed by atoms with Crippen molar-refractivity contribution in [2.45, 2.75) is 13.8 Å². The molecule has 1 amide bonds. The van der Waals surface area contributed by atoms with Gasteiger partial charge in [-0.2, -0.15) is 0 Å². The number of amides is 1. The maximum atomic E-state index is 13.2. The summed E-state index contributed by atoms with van der Waals surface area (Å²) in [5, 5.41) is 10.8. The molecule has 8 aromatic rings. The minimum Gasteiger partial charge on any atom is -0.494 e. The van der Waals surface area contributed by atoms with Crippen LogP contribution in [0.15, 0.2) is 110 Å². The van der Waals surface area contributed by atoms with Gasteiger partial charge in [0.15, 0.2) is 0 Å². The summed E-state index contributed by atoms with van der Waals surface area (Å²) in [7, 11) is 11.4. The number of para-hydroxylation sites is 2. The molecule has 5 N–H and O–H groups in total. The summed E-state index contributed by atoms with van der Waals surface area (Å²) in [5.41, 5.74) is 13.6. The zero-order valence-electron chi connectivity index (χ0n) is 51.3. The van der Waals surface area contributed by atoms with E-state index in [0.717, 1.165) is 36.1 Å². The highest BCUT2D eigenvalue weighted by Crippen LogP contribution is 2.48. The molecule has 0 spiro atoms. The number of anilines is 8. The van der Waals surface area contributed by atoms with Crippen LogP contribution in [-0.2, 0) is 32.4 Å². The second-order valence-corrected chi connectivity index (χ2v) is 20.5. The van der Waals surface area contributed by atoms with Crippen molar-refractivity contribution in [3.8, 4) is 34.0 Å². The van der Waals surface area contributed by atoms with Crippen LogP contribution in [0.1, 0.15) is 22.1 Å². The number of ether oxygens (including phenoxy) is 2. The van der Waals surface area contributed by atoms with E-state index in [4.69, 9.17) is 37.5 Å². The zero-order valence-corrected chi connectivity index (χ0v) is 46.2. The molecule has 0 aliphatic rings. The Kier molecular flexibility index (Phi) is 16.4. The van der Waals surface area contributed by atoms with Gasteiger partial charge in [0.05, 0.1) is 72.9 Å². The van der Waals surface area contributed by atoms with E-state index in [9.17, 15) is 9.36 Å². The number of nitrogen functional groups attached to an aromatic ring is 1. The van der Waals surface area contributed by atoms with E-state index in [2.05, 4.69) is 40.7 Å². The van der Waals surface area contributed by atoms with Crippen LogP contribution < -0.4 is 41.0 Å². The second kappa shape index (κ2) is 25.9. The van der Waals surface area contributed by atoms with Crippen LogP contribution in [0.4, 0.5) is 46.0 Å². The van der Waals surface area contributed by atoms with Gasteiger partial charge in [-0.05, 0) is 78.4 Å². The number of aromatic nitrogens is 6. The number of fused-ring (bicyclic) bond motifs is 2. The molecule has 0 saturated carbocycles. The molecule has 21 heteroatoms. The average molecular weight is 1080 g/mol. The fraction of sp³-hybridized carbons (Fsp3) is 0.339. The number of aryl methyl sites for hydroxylation is 2. The minimum absolute atomic E-state index is 0.134. The number of methoxy groups -OCH3 is 2. The van der Waals surface area contributed by atoms with Gasteiger partial charge in [0.1, 0.15) is 17.7 Å². The molecule has 0 aliphatic carbocycles. The molecule has 8 rings (SSSR count). The van der Waals surface area contributed by atoms with Crippen molar-refractivity contribution >= 4 is 81.3 Å². The molecule has 4 aromatic carbocycles. The zero-order chi connectivity index (χ0) is 60.4. The van der Waals surface area contributed by atoms with Gasteiger partial charge >= 0.3 is 7.60 Å². The number of hydrogen-bond donors (Lipinski definition) is 4. The van der Waals surface area contributed by atoms with Crippen molar-refractivity contribution in [3.63, 3.8) is 0 Å². The SMILES string of the molecule is [2H]C([2H])([2H])n1cc(-c2ccnc(Nc3cc(N)c(N(C)CCN(C)C)cc3OC)n2)c2ccccc21.[2H]C([2H])([2H])n1cc(-c2ccnc(Nc3cc(NC(=O)CP(=O)(OCC)OCC)c(N(C)CCN(C)C)cc3OC)n2)c2ccccc21. The van der Waals surface area contributed by atoms with E-state index in [-0.39, 0.29) is 19.2 Å². The smallest absolute Gasteiger partial charge is 0.340 e. The Morgan fingerprint density at radius 2 is 1.12 bits per heavy atom. The van der Waals surface area contributed by atoms with Gasteiger partial charge in [-0.1, -0.05) is 36.4 Å². The summed E-state index contributed by atoms with van der Waals surface area (Å²) >= 11 is 0. The lowest BCUT2D eigenvalue weighted by Crippen LogP contribution is -2.29. The predicted octanol–water partition coefficient (Wildman–Crippen LogP) is 9.56. The van der Waals surface area contributed by atoms with Gasteiger partial charge in [-0.3, -0.25) is 9.36 Å². The number of rotatable bonds is 23. The number of carbonyl (C=O) groups is 1. The van der Waals surface area contributed by atoms with Crippen LogP contribution in [0.2, 0.25) is 0 Å². The normalized spacial score (nSPS) is 12.9. The number of benzene rings is 4. The lowest BCUT2D eigenvalue weighted by atomic mass is 10.1. The third-order valence-corrected chi connectivity index (χ3v) is 14.3. The Bertz CT molecular complexity index is 3570. The van der Waals surface area contributed by atoms with Crippen molar-refractivity contribution in [1.82, 2.24) is 38.9 Å². The van der Waals surface area contributed by atoms with Gasteiger partial charge in [0.25, 0.3) is 0 Å². The Hall–Kier alpha value is -7.74. The molecule has 0 bridgehead atoms. The maximum absolute atomic E-state index is 13.2. The van der Waals surface area contributed by atoms with Crippen LogP contribution >= 0.6 is 7.60 Å². The van der Waals surface area contributed by atoms with Gasteiger partial charge < -0.3 is 68.9 Å². The summed E-state index contributed by atoms with van der Waals surface area (Å²) in [6.07, 6.45) is 5.93. The molecule has 0 radical (unpaired) electrons. The lowest BCUT2D eigenvalue weighted by Gasteiger charge is -2.26. The molecular formula is C56H73N14O6P. The maximum Gasteiger partial charge on any atom is 0.340 e. The Balaban J connectivity index is 0.000000247. The van der Waals surface area contributed by atoms with E-state index >= 15 is 0 Å². The summed E-state index contributed by atoms with van der Waals surface area (Å²) in [4.78, 5) is 39.6. The van der Waals surface area contributed by atoms with Crippen LogP contribution in [0.3, 0.4) is 0 Å². The van der Waals surface area contributed by atoms with Crippen molar-refractivity contribution in [2.75, 3.05) is 134 Å². The van der Waals surface area contributed by atoms with E-state index < -0.39 is 33.6 Å². The number of carbonyl (C=O) groups excluding carboxylic acids is 1. The molecule has 4 aromatic heterocycles. The quantitative estimate of drug-likeness (QED) is 0.0347. The number of hydrogen-bond acceptors (Lipinski definition) is 17. The molecule has 0 saturated heterocycles. The van der Waals surface area contributed by atoms with Crippen LogP contribution in [0.5, 0.6) is 11.5 Å². The van der Waals surface area contributed by atoms with Crippen LogP contribution in [0, 0.1) is 0 Å². The summed E-state index contributed by atoms with van der Waals surface area (Å²) in [6.45, 7) is 2.03. The highest BCUT2D eigenvalue weighted by molar-refractivity contribution is 7.54. The monoisotopic (exact) mass is 1070 g/mol. The van der Waals surface area contributed by atoms with Crippen LogP contribution in [0.25, 0.3) is 44.3 Å². The van der Waals surface area contributed by atoms with Gasteiger partial charge in [0.2, 0.25) is 17.8 Å². The highest BCUT2D eigenvalue weighted by Gasteiger charge is 2.29. The summed E-state index contributed by atoms with van der Waals surface area (Å²) in [6, 6.07) is 25.2. The molecule has 77 heavy (non-hydrogen) atoms. The Morgan fingerprint density at radius 3 is 1.58 bits per heavy atom. The number of nitrogens with zero attached hydrogens (tertiary/aromatic N) is 10. The highest BCUT2D eigenvalue weighted by atomic mass is 31.2. The topological polar surface area (TPSA) is 208 Å². The summed E-state index contributed by atoms with van der Waals surface area (Å²) < 4.78 is 85.3. The standard InChI is InChI=1S/C31H42N7O5P.C25H31N7O/c1-8-42-44(40,43-9-2)21-30(39)33-25-18-26(29(41-7)19-28(25)37(5)17-16-36(3)4)35-31-32-15-14-24(34-31)23-20-38(6)27-13-11-10-12-22(23)27;1-30(2)12-13-31(3)23-15-24(33-5)21(14-19(23)26)29-25-27-11-10-20(28-25)18-16-32(4)22-9-7-6-8-17(18)22/h10-15,18-20H,8-9,16-17,21H2,1-7H3,(H,33,39)(H,32,34,35);6-11,14-16H,12-13,26H2,1-5H3,(H,27,28,29)/i6D3;4D3. The first-order valence-electron chi connectivity index (χ1n) is 27.9. The van der Waals surface area contributed by atoms with Gasteiger partial charge in [-0.15, -0.1) is 0 Å². The third-order valence-electron chi connectivity index (χ3n) is 12.3. The average Bonchev–Trinajstić information content (AvgIpc) is 2.66. The molecule has 0 atom stereocenters. The fourth-order valence-corrected chi connectivity index (χ4v) is 9.88.